The molecule has 0 aliphatic carbocycles. The third kappa shape index (κ3) is 7.39. The Kier molecular flexibility index (Phi) is 8.89. The normalized spacial score (nSPS) is 15.9. The van der Waals surface area contributed by atoms with E-state index in [1.807, 2.05) is 0 Å². The van der Waals surface area contributed by atoms with Gasteiger partial charge in [0.15, 0.2) is 27.3 Å². The molecule has 1 saturated heterocycles. The standard InChI is InChI=1S/C25H30F2N2O6S/c1-28(14-19(30)16-36(3,32)33)25(31)29-10-4-5-17(13-29)15-35-20-8-6-18(7-9-20)21-11-22(26)23(27)12-24(21)34-2/h6-9,11-12,17H,4-5,10,13-16H2,1-3H3/t17-/m0/s1. The quantitative estimate of drug-likeness (QED) is 0.499. The van der Waals surface area contributed by atoms with E-state index >= 15 is 0 Å². The second-order valence-corrected chi connectivity index (χ2v) is 11.1. The first-order chi connectivity index (χ1) is 17.0. The number of amides is 2. The monoisotopic (exact) mass is 524 g/mol. The lowest BCUT2D eigenvalue weighted by atomic mass is 9.99. The topological polar surface area (TPSA) is 93.2 Å². The molecule has 3 rings (SSSR count). The van der Waals surface area contributed by atoms with Crippen molar-refractivity contribution < 1.29 is 36.3 Å². The van der Waals surface area contributed by atoms with E-state index in [4.69, 9.17) is 9.47 Å². The molecular weight excluding hydrogens is 494 g/mol. The maximum atomic E-state index is 13.7. The highest BCUT2D eigenvalue weighted by Crippen LogP contribution is 2.33. The van der Waals surface area contributed by atoms with E-state index in [1.54, 1.807) is 29.2 Å². The largest absolute Gasteiger partial charge is 0.496 e. The number of sulfone groups is 1. The van der Waals surface area contributed by atoms with Gasteiger partial charge >= 0.3 is 6.03 Å². The van der Waals surface area contributed by atoms with Crippen molar-refractivity contribution >= 4 is 21.7 Å². The summed E-state index contributed by atoms with van der Waals surface area (Å²) in [6.45, 7) is 1.10. The molecule has 2 aromatic carbocycles. The Balaban J connectivity index is 1.55. The Morgan fingerprint density at radius 3 is 2.44 bits per heavy atom. The number of nitrogens with zero attached hydrogens (tertiary/aromatic N) is 2. The van der Waals surface area contributed by atoms with Crippen LogP contribution in [0.1, 0.15) is 12.8 Å². The smallest absolute Gasteiger partial charge is 0.320 e. The molecule has 1 aliphatic heterocycles. The van der Waals surface area contributed by atoms with Gasteiger partial charge in [-0.05, 0) is 36.6 Å². The number of piperidine rings is 1. The van der Waals surface area contributed by atoms with Crippen LogP contribution in [0.2, 0.25) is 0 Å². The first kappa shape index (κ1) is 27.4. The van der Waals surface area contributed by atoms with Gasteiger partial charge in [-0.15, -0.1) is 0 Å². The Labute approximate surface area is 209 Å². The molecule has 1 fully saturated rings. The predicted molar refractivity (Wildman–Crippen MR) is 131 cm³/mol. The molecular formula is C25H30F2N2O6S. The van der Waals surface area contributed by atoms with Crippen LogP contribution in [0.5, 0.6) is 11.5 Å². The van der Waals surface area contributed by atoms with Crippen molar-refractivity contribution in [3.63, 3.8) is 0 Å². The number of hydrogen-bond donors (Lipinski definition) is 0. The lowest BCUT2D eigenvalue weighted by Gasteiger charge is -2.35. The molecule has 8 nitrogen and oxygen atoms in total. The maximum Gasteiger partial charge on any atom is 0.320 e. The zero-order chi connectivity index (χ0) is 26.5. The Bertz CT molecular complexity index is 1200. The van der Waals surface area contributed by atoms with Crippen molar-refractivity contribution in [1.29, 1.82) is 0 Å². The van der Waals surface area contributed by atoms with Crippen LogP contribution in [-0.4, -0.2) is 82.4 Å². The molecule has 2 aromatic rings. The van der Waals surface area contributed by atoms with Gasteiger partial charge in [0.25, 0.3) is 0 Å². The van der Waals surface area contributed by atoms with Crippen molar-refractivity contribution in [3.8, 4) is 22.6 Å². The molecule has 0 unspecified atom stereocenters. The molecule has 1 aliphatic rings. The van der Waals surface area contributed by atoms with Crippen molar-refractivity contribution in [2.75, 3.05) is 52.4 Å². The number of likely N-dealkylation sites (tertiary alicyclic amines) is 1. The second-order valence-electron chi connectivity index (χ2n) is 9.00. The number of halogens is 2. The van der Waals surface area contributed by atoms with Gasteiger partial charge in [-0.25, -0.2) is 22.0 Å². The molecule has 36 heavy (non-hydrogen) atoms. The zero-order valence-electron chi connectivity index (χ0n) is 20.5. The van der Waals surface area contributed by atoms with Crippen LogP contribution in [0.25, 0.3) is 11.1 Å². The number of ketones is 1. The molecule has 0 radical (unpaired) electrons. The number of ether oxygens (including phenoxy) is 2. The highest BCUT2D eigenvalue weighted by Gasteiger charge is 2.27. The van der Waals surface area contributed by atoms with Gasteiger partial charge in [-0.1, -0.05) is 12.1 Å². The fourth-order valence-corrected chi connectivity index (χ4v) is 4.83. The average Bonchev–Trinajstić information content (AvgIpc) is 2.83. The second kappa shape index (κ2) is 11.7. The van der Waals surface area contributed by atoms with Gasteiger partial charge in [0, 0.05) is 43.9 Å². The van der Waals surface area contributed by atoms with E-state index in [9.17, 15) is 26.8 Å². The minimum Gasteiger partial charge on any atom is -0.496 e. The number of urea groups is 1. The van der Waals surface area contributed by atoms with Gasteiger partial charge in [0.1, 0.15) is 17.3 Å². The van der Waals surface area contributed by atoms with Crippen LogP contribution in [0.15, 0.2) is 36.4 Å². The molecule has 2 amide bonds. The van der Waals surface area contributed by atoms with Gasteiger partial charge in [0.2, 0.25) is 0 Å². The van der Waals surface area contributed by atoms with Crippen molar-refractivity contribution in [2.45, 2.75) is 12.8 Å². The number of benzene rings is 2. The first-order valence-electron chi connectivity index (χ1n) is 11.4. The highest BCUT2D eigenvalue weighted by molar-refractivity contribution is 7.91. The maximum absolute atomic E-state index is 13.7. The fraction of sp³-hybridized carbons (Fsp3) is 0.440. The summed E-state index contributed by atoms with van der Waals surface area (Å²) in [5, 5.41) is 0. The Morgan fingerprint density at radius 2 is 1.81 bits per heavy atom. The number of rotatable bonds is 9. The number of Topliss-reactive ketones (excluding diaryl/α,β-unsaturated/α-hetero) is 1. The lowest BCUT2D eigenvalue weighted by Crippen LogP contribution is -2.48. The minimum absolute atomic E-state index is 0.0776. The van der Waals surface area contributed by atoms with Gasteiger partial charge in [0.05, 0.1) is 20.3 Å². The third-order valence-electron chi connectivity index (χ3n) is 5.85. The Hall–Kier alpha value is -3.21. The van der Waals surface area contributed by atoms with Crippen LogP contribution < -0.4 is 9.47 Å². The van der Waals surface area contributed by atoms with E-state index in [0.717, 1.165) is 31.2 Å². The van der Waals surface area contributed by atoms with Crippen molar-refractivity contribution in [1.82, 2.24) is 9.80 Å². The van der Waals surface area contributed by atoms with Crippen molar-refractivity contribution in [2.24, 2.45) is 5.92 Å². The van der Waals surface area contributed by atoms with Crippen LogP contribution in [-0.2, 0) is 14.6 Å². The third-order valence-corrected chi connectivity index (χ3v) is 6.69. The summed E-state index contributed by atoms with van der Waals surface area (Å²) in [6.07, 6.45) is 2.62. The summed E-state index contributed by atoms with van der Waals surface area (Å²) >= 11 is 0. The summed E-state index contributed by atoms with van der Waals surface area (Å²) in [4.78, 5) is 27.5. The van der Waals surface area contributed by atoms with E-state index in [2.05, 4.69) is 0 Å². The Morgan fingerprint density at radius 1 is 1.14 bits per heavy atom. The number of hydrogen-bond acceptors (Lipinski definition) is 6. The summed E-state index contributed by atoms with van der Waals surface area (Å²) in [7, 11) is -0.579. The van der Waals surface area contributed by atoms with Gasteiger partial charge in [-0.2, -0.15) is 0 Å². The zero-order valence-corrected chi connectivity index (χ0v) is 21.3. The molecule has 0 bridgehead atoms. The number of likely N-dealkylation sites (N-methyl/N-ethyl adjacent to an activating group) is 1. The van der Waals surface area contributed by atoms with Crippen LogP contribution >= 0.6 is 0 Å². The van der Waals surface area contributed by atoms with Crippen LogP contribution in [0.4, 0.5) is 13.6 Å². The predicted octanol–water partition coefficient (Wildman–Crippen LogP) is 3.40. The average molecular weight is 525 g/mol. The lowest BCUT2D eigenvalue weighted by molar-refractivity contribution is -0.117. The van der Waals surface area contributed by atoms with E-state index < -0.39 is 33.0 Å². The van der Waals surface area contributed by atoms with Gasteiger partial charge < -0.3 is 19.3 Å². The van der Waals surface area contributed by atoms with Crippen LogP contribution in [0, 0.1) is 17.6 Å². The van der Waals surface area contributed by atoms with E-state index in [0.29, 0.717) is 36.6 Å². The fourth-order valence-electron chi connectivity index (χ4n) is 4.15. The first-order valence-corrected chi connectivity index (χ1v) is 13.5. The molecule has 0 spiro atoms. The molecule has 0 saturated carbocycles. The highest BCUT2D eigenvalue weighted by atomic mass is 32.2. The van der Waals surface area contributed by atoms with Crippen molar-refractivity contribution in [3.05, 3.63) is 48.0 Å². The molecule has 0 aromatic heterocycles. The summed E-state index contributed by atoms with van der Waals surface area (Å²) in [6, 6.07) is 8.67. The number of methoxy groups -OCH3 is 1. The molecule has 0 N–H and O–H groups in total. The number of carbonyl (C=O) groups is 2. The van der Waals surface area contributed by atoms with Crippen LogP contribution in [0.3, 0.4) is 0 Å². The van der Waals surface area contributed by atoms with E-state index in [-0.39, 0.29) is 24.2 Å². The molecule has 196 valence electrons. The molecule has 1 heterocycles. The summed E-state index contributed by atoms with van der Waals surface area (Å²) < 4.78 is 60.9. The SMILES string of the molecule is COc1cc(F)c(F)cc1-c1ccc(OC[C@H]2CCCN(C(=O)N(C)CC(=O)CS(C)(=O)=O)C2)cc1. The van der Waals surface area contributed by atoms with E-state index in [1.165, 1.54) is 19.1 Å². The summed E-state index contributed by atoms with van der Waals surface area (Å²) in [5.41, 5.74) is 1.06. The molecule has 11 heteroatoms. The summed E-state index contributed by atoms with van der Waals surface area (Å²) in [5.74, 6) is -2.19. The van der Waals surface area contributed by atoms with Gasteiger partial charge in [-0.3, -0.25) is 4.79 Å². The number of carbonyl (C=O) groups excluding carboxylic acids is 2. The minimum atomic E-state index is -3.44. The molecule has 1 atom stereocenters.